The van der Waals surface area contributed by atoms with Gasteiger partial charge in [-0.3, -0.25) is 0 Å². The first-order valence-electron chi connectivity index (χ1n) is 2.77. The molecule has 1 rings (SSSR count). The molecule has 1 fully saturated rings. The van der Waals surface area contributed by atoms with Gasteiger partial charge in [0.15, 0.2) is 5.13 Å². The predicted octanol–water partition coefficient (Wildman–Crippen LogP) is 2.21. The van der Waals surface area contributed by atoms with Crippen molar-refractivity contribution in [3.8, 4) is 6.07 Å². The summed E-state index contributed by atoms with van der Waals surface area (Å²) in [6.45, 7) is 1.68. The molecule has 2 unspecified atom stereocenters. The van der Waals surface area contributed by atoms with E-state index in [-0.39, 0.29) is 6.42 Å². The van der Waals surface area contributed by atoms with Crippen molar-refractivity contribution in [2.75, 3.05) is 0 Å². The molecule has 0 spiro atoms. The summed E-state index contributed by atoms with van der Waals surface area (Å²) in [5.41, 5.74) is -0.566. The van der Waals surface area contributed by atoms with Gasteiger partial charge in [-0.15, -0.1) is 0 Å². The third-order valence-corrected chi connectivity index (χ3v) is 2.43. The Balaban J connectivity index is 2.55. The molecule has 0 amide bonds. The van der Waals surface area contributed by atoms with Crippen molar-refractivity contribution in [2.24, 2.45) is 5.41 Å². The minimum absolute atomic E-state index is 0.215. The van der Waals surface area contributed by atoms with E-state index >= 15 is 0 Å². The van der Waals surface area contributed by atoms with E-state index in [1.807, 2.05) is 6.07 Å². The quantitative estimate of drug-likeness (QED) is 0.522. The maximum atomic E-state index is 12.6. The number of nitriles is 1. The van der Waals surface area contributed by atoms with E-state index in [1.165, 1.54) is 0 Å². The molecule has 2 atom stereocenters. The monoisotopic (exact) mass is 147 g/mol. The van der Waals surface area contributed by atoms with Crippen LogP contribution in [0.2, 0.25) is 0 Å². The molecule has 1 nitrogen and oxygen atoms in total. The average molecular weight is 148 g/mol. The van der Waals surface area contributed by atoms with Crippen molar-refractivity contribution in [3.05, 3.63) is 0 Å². The molecule has 0 aromatic carbocycles. The lowest BCUT2D eigenvalue weighted by Gasteiger charge is -2.02. The fourth-order valence-corrected chi connectivity index (χ4v) is 1.17. The van der Waals surface area contributed by atoms with Gasteiger partial charge in [-0.25, -0.2) is 4.39 Å². The molecule has 1 saturated carbocycles. The SMILES string of the molecule is CC1(CC#N)CC1(F)Cl. The number of alkyl halides is 2. The Kier molecular flexibility index (Phi) is 1.22. The van der Waals surface area contributed by atoms with E-state index in [1.54, 1.807) is 6.92 Å². The standard InChI is InChI=1S/C6H7ClFN/c1-5(2-3-9)4-6(5,7)8/h2,4H2,1H3. The molecule has 0 aliphatic heterocycles. The second kappa shape index (κ2) is 1.60. The molecule has 0 aromatic rings. The van der Waals surface area contributed by atoms with Crippen LogP contribution in [0, 0.1) is 16.7 Å². The Labute approximate surface area is 58.4 Å². The summed E-state index contributed by atoms with van der Waals surface area (Å²) in [6.07, 6.45) is 0.530. The lowest BCUT2D eigenvalue weighted by Crippen LogP contribution is -2.03. The highest BCUT2D eigenvalue weighted by Crippen LogP contribution is 2.63. The molecular weight excluding hydrogens is 141 g/mol. The van der Waals surface area contributed by atoms with E-state index in [4.69, 9.17) is 16.9 Å². The molecule has 50 valence electrons. The molecular formula is C6H7ClFN. The Morgan fingerprint density at radius 1 is 1.89 bits per heavy atom. The van der Waals surface area contributed by atoms with Crippen LogP contribution in [0.25, 0.3) is 0 Å². The van der Waals surface area contributed by atoms with E-state index < -0.39 is 10.5 Å². The number of halogens is 2. The molecule has 0 heterocycles. The topological polar surface area (TPSA) is 23.8 Å². The summed E-state index contributed by atoms with van der Waals surface area (Å²) >= 11 is 5.31. The number of nitrogens with zero attached hydrogens (tertiary/aromatic N) is 1. The molecule has 9 heavy (non-hydrogen) atoms. The third-order valence-electron chi connectivity index (χ3n) is 1.84. The van der Waals surface area contributed by atoms with Crippen molar-refractivity contribution in [3.63, 3.8) is 0 Å². The van der Waals surface area contributed by atoms with Crippen LogP contribution in [-0.2, 0) is 0 Å². The Bertz CT molecular complexity index is 172. The smallest absolute Gasteiger partial charge is 0.190 e. The van der Waals surface area contributed by atoms with E-state index in [0.717, 1.165) is 0 Å². The lowest BCUT2D eigenvalue weighted by atomic mass is 10.1. The molecule has 0 N–H and O–H groups in total. The summed E-state index contributed by atoms with van der Waals surface area (Å²) in [6, 6.07) is 1.90. The van der Waals surface area contributed by atoms with Crippen molar-refractivity contribution in [1.82, 2.24) is 0 Å². The van der Waals surface area contributed by atoms with E-state index in [9.17, 15) is 4.39 Å². The van der Waals surface area contributed by atoms with Gasteiger partial charge in [-0.05, 0) is 0 Å². The van der Waals surface area contributed by atoms with Crippen LogP contribution in [0.4, 0.5) is 4.39 Å². The van der Waals surface area contributed by atoms with Gasteiger partial charge >= 0.3 is 0 Å². The fraction of sp³-hybridized carbons (Fsp3) is 0.833. The van der Waals surface area contributed by atoms with Gasteiger partial charge in [0.1, 0.15) is 0 Å². The second-order valence-corrected chi connectivity index (χ2v) is 3.38. The van der Waals surface area contributed by atoms with Crippen LogP contribution in [0.5, 0.6) is 0 Å². The summed E-state index contributed by atoms with van der Waals surface area (Å²) in [4.78, 5) is 0. The van der Waals surface area contributed by atoms with Gasteiger partial charge in [-0.2, -0.15) is 5.26 Å². The first kappa shape index (κ1) is 6.82. The minimum Gasteiger partial charge on any atom is -0.226 e. The van der Waals surface area contributed by atoms with Crippen molar-refractivity contribution in [1.29, 1.82) is 5.26 Å². The zero-order valence-corrected chi connectivity index (χ0v) is 5.87. The van der Waals surface area contributed by atoms with Gasteiger partial charge < -0.3 is 0 Å². The fourth-order valence-electron chi connectivity index (χ4n) is 0.812. The molecule has 0 aromatic heterocycles. The molecule has 3 heteroatoms. The minimum atomic E-state index is -1.59. The van der Waals surface area contributed by atoms with Crippen LogP contribution in [0.15, 0.2) is 0 Å². The van der Waals surface area contributed by atoms with E-state index in [2.05, 4.69) is 0 Å². The van der Waals surface area contributed by atoms with Crippen molar-refractivity contribution < 1.29 is 4.39 Å². The van der Waals surface area contributed by atoms with Gasteiger partial charge in [0.2, 0.25) is 0 Å². The van der Waals surface area contributed by atoms with Crippen molar-refractivity contribution in [2.45, 2.75) is 24.9 Å². The Morgan fingerprint density at radius 2 is 2.33 bits per heavy atom. The average Bonchev–Trinajstić information content (AvgIpc) is 2.07. The highest BCUT2D eigenvalue weighted by atomic mass is 35.5. The Hall–Kier alpha value is -0.290. The third kappa shape index (κ3) is 0.900. The largest absolute Gasteiger partial charge is 0.226 e. The zero-order chi connectivity index (χ0) is 7.12. The normalized spacial score (nSPS) is 48.2. The zero-order valence-electron chi connectivity index (χ0n) is 5.12. The molecule has 1 aliphatic carbocycles. The highest BCUT2D eigenvalue weighted by molar-refractivity contribution is 6.25. The summed E-state index contributed by atoms with van der Waals surface area (Å²) in [5.74, 6) is 0. The number of hydrogen-bond donors (Lipinski definition) is 0. The molecule has 0 radical (unpaired) electrons. The van der Waals surface area contributed by atoms with Crippen LogP contribution < -0.4 is 0 Å². The predicted molar refractivity (Wildman–Crippen MR) is 32.6 cm³/mol. The van der Waals surface area contributed by atoms with Gasteiger partial charge in [0, 0.05) is 18.3 Å². The first-order valence-corrected chi connectivity index (χ1v) is 3.14. The first-order chi connectivity index (χ1) is 4.02. The second-order valence-electron chi connectivity index (χ2n) is 2.78. The highest BCUT2D eigenvalue weighted by Gasteiger charge is 2.65. The Morgan fingerprint density at radius 3 is 2.44 bits per heavy atom. The summed E-state index contributed by atoms with van der Waals surface area (Å²) < 4.78 is 12.6. The maximum Gasteiger partial charge on any atom is 0.190 e. The van der Waals surface area contributed by atoms with Crippen LogP contribution in [0.1, 0.15) is 19.8 Å². The maximum absolute atomic E-state index is 12.6. The van der Waals surface area contributed by atoms with E-state index in [0.29, 0.717) is 6.42 Å². The van der Waals surface area contributed by atoms with Crippen LogP contribution in [-0.4, -0.2) is 5.13 Å². The molecule has 1 aliphatic rings. The summed E-state index contributed by atoms with van der Waals surface area (Å²) in [5, 5.41) is 6.60. The summed E-state index contributed by atoms with van der Waals surface area (Å²) in [7, 11) is 0. The van der Waals surface area contributed by atoms with Crippen molar-refractivity contribution >= 4 is 11.6 Å². The van der Waals surface area contributed by atoms with Crippen LogP contribution >= 0.6 is 11.6 Å². The number of rotatable bonds is 1. The van der Waals surface area contributed by atoms with Gasteiger partial charge in [0.05, 0.1) is 6.07 Å². The lowest BCUT2D eigenvalue weighted by molar-refractivity contribution is 0.337. The molecule has 0 bridgehead atoms. The van der Waals surface area contributed by atoms with Gasteiger partial charge in [0.25, 0.3) is 0 Å². The van der Waals surface area contributed by atoms with Crippen LogP contribution in [0.3, 0.4) is 0 Å². The molecule has 0 saturated heterocycles. The number of hydrogen-bond acceptors (Lipinski definition) is 1. The van der Waals surface area contributed by atoms with Gasteiger partial charge in [-0.1, -0.05) is 18.5 Å².